The molecule has 0 heterocycles. The second-order valence-corrected chi connectivity index (χ2v) is 4.72. The van der Waals surface area contributed by atoms with E-state index in [0.717, 1.165) is 0 Å². The summed E-state index contributed by atoms with van der Waals surface area (Å²) >= 11 is 0. The summed E-state index contributed by atoms with van der Waals surface area (Å²) in [6.45, 7) is 13.0. The van der Waals surface area contributed by atoms with Crippen molar-refractivity contribution >= 4 is 0 Å². The van der Waals surface area contributed by atoms with Crippen molar-refractivity contribution in [1.29, 1.82) is 0 Å². The van der Waals surface area contributed by atoms with Gasteiger partial charge in [-0.25, -0.2) is 5.11 Å². The molecule has 0 aromatic rings. The van der Waals surface area contributed by atoms with Gasteiger partial charge in [-0.05, 0) is 17.8 Å². The molecule has 73 valence electrons. The smallest absolute Gasteiger partial charge is 0.0885 e. The van der Waals surface area contributed by atoms with Gasteiger partial charge < -0.3 is 0 Å². The van der Waals surface area contributed by atoms with Crippen LogP contribution >= 0.6 is 0 Å². The highest BCUT2D eigenvalue weighted by atomic mass is 16.3. The Morgan fingerprint density at radius 3 is 1.08 bits per heavy atom. The van der Waals surface area contributed by atoms with E-state index in [1.807, 2.05) is 0 Å². The van der Waals surface area contributed by atoms with Crippen LogP contribution < -0.4 is 0 Å². The van der Waals surface area contributed by atoms with Crippen molar-refractivity contribution in [2.45, 2.75) is 41.5 Å². The van der Waals surface area contributed by atoms with Crippen LogP contribution in [0.4, 0.5) is 0 Å². The maximum absolute atomic E-state index is 11.3. The molecule has 0 unspecified atom stereocenters. The van der Waals surface area contributed by atoms with Gasteiger partial charge >= 0.3 is 0 Å². The van der Waals surface area contributed by atoms with Gasteiger partial charge in [0.2, 0.25) is 0 Å². The molecule has 0 atom stereocenters. The third kappa shape index (κ3) is 1.82. The second kappa shape index (κ2) is 4.27. The van der Waals surface area contributed by atoms with Crippen molar-refractivity contribution in [3.8, 4) is 0 Å². The van der Waals surface area contributed by atoms with Crippen molar-refractivity contribution in [2.75, 3.05) is 6.61 Å². The summed E-state index contributed by atoms with van der Waals surface area (Å²) in [6, 6.07) is 0. The predicted molar refractivity (Wildman–Crippen MR) is 52.5 cm³/mol. The Balaban J connectivity index is 4.77. The lowest BCUT2D eigenvalue weighted by atomic mass is 9.63. The summed E-state index contributed by atoms with van der Waals surface area (Å²) in [6.07, 6.45) is 0. The highest BCUT2D eigenvalue weighted by molar-refractivity contribution is 4.87. The van der Waals surface area contributed by atoms with Gasteiger partial charge in [0.05, 0.1) is 6.61 Å². The normalized spacial score (nSPS) is 13.5. The Hall–Kier alpha value is -0.0400. The van der Waals surface area contributed by atoms with Crippen molar-refractivity contribution in [3.05, 3.63) is 0 Å². The first-order valence-electron chi connectivity index (χ1n) is 4.97. The van der Waals surface area contributed by atoms with E-state index < -0.39 is 0 Å². The van der Waals surface area contributed by atoms with Gasteiger partial charge in [0.15, 0.2) is 0 Å². The number of hydrogen-bond donors (Lipinski definition) is 0. The molecule has 0 saturated carbocycles. The van der Waals surface area contributed by atoms with Crippen LogP contribution in [0.1, 0.15) is 41.5 Å². The molecule has 0 N–H and O–H groups in total. The van der Waals surface area contributed by atoms with Gasteiger partial charge in [0, 0.05) is 5.41 Å². The Kier molecular flexibility index (Phi) is 4.25. The first kappa shape index (κ1) is 12.0. The molecule has 12 heavy (non-hydrogen) atoms. The quantitative estimate of drug-likeness (QED) is 0.618. The summed E-state index contributed by atoms with van der Waals surface area (Å²) < 4.78 is 0. The Morgan fingerprint density at radius 1 is 0.833 bits per heavy atom. The van der Waals surface area contributed by atoms with E-state index in [-0.39, 0.29) is 12.0 Å². The maximum atomic E-state index is 11.3. The van der Waals surface area contributed by atoms with Crippen LogP contribution in [0.15, 0.2) is 0 Å². The SMILES string of the molecule is CC(C)C(C[O])(C(C)C)C(C)C. The lowest BCUT2D eigenvalue weighted by Gasteiger charge is -2.43. The van der Waals surface area contributed by atoms with E-state index in [4.69, 9.17) is 0 Å². The minimum absolute atomic E-state index is 0.0139. The summed E-state index contributed by atoms with van der Waals surface area (Å²) in [7, 11) is 0. The third-order valence-electron chi connectivity index (χ3n) is 3.47. The summed E-state index contributed by atoms with van der Waals surface area (Å²) in [5.74, 6) is 1.44. The maximum Gasteiger partial charge on any atom is 0.0885 e. The van der Waals surface area contributed by atoms with E-state index >= 15 is 0 Å². The van der Waals surface area contributed by atoms with Crippen LogP contribution in [0.3, 0.4) is 0 Å². The molecule has 0 amide bonds. The topological polar surface area (TPSA) is 19.9 Å². The van der Waals surface area contributed by atoms with Crippen molar-refractivity contribution in [1.82, 2.24) is 0 Å². The fourth-order valence-corrected chi connectivity index (χ4v) is 2.50. The lowest BCUT2D eigenvalue weighted by molar-refractivity contribution is -0.0418. The van der Waals surface area contributed by atoms with Crippen molar-refractivity contribution < 1.29 is 5.11 Å². The van der Waals surface area contributed by atoms with E-state index in [1.165, 1.54) is 0 Å². The molecule has 0 aliphatic carbocycles. The molecule has 1 heteroatoms. The zero-order valence-corrected chi connectivity index (χ0v) is 9.35. The summed E-state index contributed by atoms with van der Waals surface area (Å²) in [4.78, 5) is 0. The fourth-order valence-electron chi connectivity index (χ4n) is 2.50. The van der Waals surface area contributed by atoms with Gasteiger partial charge in [-0.15, -0.1) is 0 Å². The number of rotatable bonds is 4. The standard InChI is InChI=1S/C11H23O/c1-8(2)11(7-12,9(3)4)10(5)6/h8-10H,7H2,1-6H3. The molecule has 0 aliphatic rings. The van der Waals surface area contributed by atoms with Crippen LogP contribution in [-0.4, -0.2) is 6.61 Å². The van der Waals surface area contributed by atoms with Gasteiger partial charge in [-0.1, -0.05) is 41.5 Å². The van der Waals surface area contributed by atoms with Gasteiger partial charge in [-0.3, -0.25) is 0 Å². The Bertz CT molecular complexity index is 103. The first-order chi connectivity index (χ1) is 5.39. The van der Waals surface area contributed by atoms with E-state index in [1.54, 1.807) is 0 Å². The molecule has 1 nitrogen and oxygen atoms in total. The third-order valence-corrected chi connectivity index (χ3v) is 3.47. The summed E-state index contributed by atoms with van der Waals surface area (Å²) in [5, 5.41) is 11.3. The molecule has 0 aliphatic heterocycles. The minimum atomic E-state index is -0.0139. The van der Waals surface area contributed by atoms with Crippen molar-refractivity contribution in [2.24, 2.45) is 23.2 Å². The second-order valence-electron chi connectivity index (χ2n) is 4.72. The minimum Gasteiger partial charge on any atom is -0.236 e. The molecule has 0 fully saturated rings. The molecule has 0 saturated heterocycles. The van der Waals surface area contributed by atoms with Crippen molar-refractivity contribution in [3.63, 3.8) is 0 Å². The molecule has 0 spiro atoms. The van der Waals surface area contributed by atoms with Gasteiger partial charge in [0.25, 0.3) is 0 Å². The zero-order valence-electron chi connectivity index (χ0n) is 9.35. The van der Waals surface area contributed by atoms with Crippen LogP contribution in [0.25, 0.3) is 0 Å². The monoisotopic (exact) mass is 171 g/mol. The van der Waals surface area contributed by atoms with Crippen LogP contribution in [0, 0.1) is 23.2 Å². The van der Waals surface area contributed by atoms with Crippen LogP contribution in [-0.2, 0) is 5.11 Å². The molecular weight excluding hydrogens is 148 g/mol. The highest BCUT2D eigenvalue weighted by Crippen LogP contribution is 2.42. The van der Waals surface area contributed by atoms with Crippen LogP contribution in [0.2, 0.25) is 0 Å². The molecule has 0 bridgehead atoms. The van der Waals surface area contributed by atoms with Crippen LogP contribution in [0.5, 0.6) is 0 Å². The Morgan fingerprint density at radius 2 is 1.08 bits per heavy atom. The largest absolute Gasteiger partial charge is 0.236 e. The average molecular weight is 171 g/mol. The first-order valence-corrected chi connectivity index (χ1v) is 4.97. The molecular formula is C11H23O. The highest BCUT2D eigenvalue weighted by Gasteiger charge is 2.39. The molecule has 1 radical (unpaired) electrons. The Labute approximate surface area is 77.2 Å². The zero-order chi connectivity index (χ0) is 9.94. The van der Waals surface area contributed by atoms with E-state index in [0.29, 0.717) is 17.8 Å². The predicted octanol–water partition coefficient (Wildman–Crippen LogP) is 3.37. The van der Waals surface area contributed by atoms with E-state index in [9.17, 15) is 5.11 Å². The fraction of sp³-hybridized carbons (Fsp3) is 1.00. The number of hydrogen-bond acceptors (Lipinski definition) is 0. The molecule has 0 aromatic carbocycles. The van der Waals surface area contributed by atoms with Gasteiger partial charge in [-0.2, -0.15) is 0 Å². The average Bonchev–Trinajstić information content (AvgIpc) is 1.86. The molecule has 0 aromatic heterocycles. The van der Waals surface area contributed by atoms with E-state index in [2.05, 4.69) is 41.5 Å². The lowest BCUT2D eigenvalue weighted by Crippen LogP contribution is -2.41. The summed E-state index contributed by atoms with van der Waals surface area (Å²) in [5.41, 5.74) is -0.0139. The van der Waals surface area contributed by atoms with Gasteiger partial charge in [0.1, 0.15) is 0 Å². The molecule has 0 rings (SSSR count).